The fourth-order valence-corrected chi connectivity index (χ4v) is 1.18. The molecule has 98 valence electrons. The van der Waals surface area contributed by atoms with Crippen LogP contribution in [0.4, 0.5) is 0 Å². The summed E-state index contributed by atoms with van der Waals surface area (Å²) in [5, 5.41) is 3.50. The number of hydrogen-bond donors (Lipinski definition) is 1. The van der Waals surface area contributed by atoms with Gasteiger partial charge in [0.15, 0.2) is 0 Å². The maximum atomic E-state index is 4.15. The molecule has 0 amide bonds. The second kappa shape index (κ2) is 6.20. The largest absolute Gasteiger partial charge is 0.308 e. The van der Waals surface area contributed by atoms with Crippen LogP contribution in [-0.2, 0) is 0 Å². The van der Waals surface area contributed by atoms with Crippen molar-refractivity contribution in [1.29, 1.82) is 0 Å². The standard InChI is InChI=1S/C16H29N/c1-9-10-14(12-17-16(6,7)8)11-13(2)15(3,4)5/h9-11,17H,2,12H2,1,3-8H3/b10-9-,14-11+. The zero-order chi connectivity index (χ0) is 13.7. The Balaban J connectivity index is 4.75. The normalized spacial score (nSPS) is 14.4. The van der Waals surface area contributed by atoms with E-state index in [-0.39, 0.29) is 11.0 Å². The van der Waals surface area contributed by atoms with Crippen LogP contribution in [0, 0.1) is 5.41 Å². The molecule has 0 fully saturated rings. The second-order valence-corrected chi connectivity index (χ2v) is 6.60. The molecule has 17 heavy (non-hydrogen) atoms. The van der Waals surface area contributed by atoms with E-state index in [4.69, 9.17) is 0 Å². The molecule has 0 bridgehead atoms. The first-order chi connectivity index (χ1) is 7.56. The minimum absolute atomic E-state index is 0.133. The second-order valence-electron chi connectivity index (χ2n) is 6.60. The predicted octanol–water partition coefficient (Wildman–Crippen LogP) is 4.48. The molecule has 1 N–H and O–H groups in total. The van der Waals surface area contributed by atoms with Crippen molar-refractivity contribution < 1.29 is 0 Å². The maximum Gasteiger partial charge on any atom is 0.0210 e. The molecule has 1 nitrogen and oxygen atoms in total. The van der Waals surface area contributed by atoms with E-state index >= 15 is 0 Å². The third kappa shape index (κ3) is 7.98. The van der Waals surface area contributed by atoms with Gasteiger partial charge in [-0.05, 0) is 44.3 Å². The van der Waals surface area contributed by atoms with E-state index in [1.807, 2.05) is 6.92 Å². The Morgan fingerprint density at radius 3 is 2.00 bits per heavy atom. The fraction of sp³-hybridized carbons (Fsp3) is 0.625. The minimum Gasteiger partial charge on any atom is -0.308 e. The van der Waals surface area contributed by atoms with Crippen molar-refractivity contribution in [1.82, 2.24) is 5.32 Å². The van der Waals surface area contributed by atoms with E-state index in [2.05, 4.69) is 71.7 Å². The molecular formula is C16H29N. The Hall–Kier alpha value is -0.820. The lowest BCUT2D eigenvalue weighted by Gasteiger charge is -2.23. The van der Waals surface area contributed by atoms with Gasteiger partial charge in [-0.25, -0.2) is 0 Å². The lowest BCUT2D eigenvalue weighted by molar-refractivity contribution is 0.445. The lowest BCUT2D eigenvalue weighted by atomic mass is 9.86. The molecule has 0 heterocycles. The van der Waals surface area contributed by atoms with Crippen LogP contribution in [0.5, 0.6) is 0 Å². The van der Waals surface area contributed by atoms with Gasteiger partial charge in [0.05, 0.1) is 0 Å². The molecule has 0 saturated heterocycles. The first-order valence-corrected chi connectivity index (χ1v) is 6.34. The monoisotopic (exact) mass is 235 g/mol. The number of hydrogen-bond acceptors (Lipinski definition) is 1. The average molecular weight is 235 g/mol. The highest BCUT2D eigenvalue weighted by molar-refractivity contribution is 5.32. The van der Waals surface area contributed by atoms with E-state index < -0.39 is 0 Å². The van der Waals surface area contributed by atoms with Crippen molar-refractivity contribution in [2.75, 3.05) is 6.54 Å². The van der Waals surface area contributed by atoms with E-state index in [0.29, 0.717) is 0 Å². The van der Waals surface area contributed by atoms with Crippen LogP contribution in [0.1, 0.15) is 48.5 Å². The number of rotatable bonds is 4. The van der Waals surface area contributed by atoms with E-state index in [9.17, 15) is 0 Å². The summed E-state index contributed by atoms with van der Waals surface area (Å²) in [6, 6.07) is 0. The van der Waals surface area contributed by atoms with Crippen LogP contribution in [-0.4, -0.2) is 12.1 Å². The molecule has 0 radical (unpaired) electrons. The van der Waals surface area contributed by atoms with Crippen molar-refractivity contribution in [3.05, 3.63) is 36.0 Å². The maximum absolute atomic E-state index is 4.15. The third-order valence-corrected chi connectivity index (χ3v) is 2.53. The van der Waals surface area contributed by atoms with Crippen LogP contribution in [0.2, 0.25) is 0 Å². The summed E-state index contributed by atoms with van der Waals surface area (Å²) in [4.78, 5) is 0. The zero-order valence-corrected chi connectivity index (χ0v) is 12.6. The average Bonchev–Trinajstić information content (AvgIpc) is 2.11. The van der Waals surface area contributed by atoms with Gasteiger partial charge in [-0.3, -0.25) is 0 Å². The molecule has 0 aliphatic carbocycles. The van der Waals surface area contributed by atoms with E-state index in [0.717, 1.165) is 6.54 Å². The van der Waals surface area contributed by atoms with Crippen LogP contribution in [0.25, 0.3) is 0 Å². The molecule has 0 atom stereocenters. The topological polar surface area (TPSA) is 12.0 Å². The molecule has 0 aromatic heterocycles. The zero-order valence-electron chi connectivity index (χ0n) is 12.6. The summed E-state index contributed by atoms with van der Waals surface area (Å²) in [5.41, 5.74) is 2.72. The molecule has 0 aromatic rings. The number of nitrogens with one attached hydrogen (secondary N) is 1. The van der Waals surface area contributed by atoms with Gasteiger partial charge < -0.3 is 5.32 Å². The molecule has 1 heteroatoms. The summed E-state index contributed by atoms with van der Waals surface area (Å²) in [6.45, 7) is 20.2. The Bertz CT molecular complexity index is 305. The van der Waals surface area contributed by atoms with Gasteiger partial charge in [-0.1, -0.05) is 45.6 Å². The van der Waals surface area contributed by atoms with Crippen molar-refractivity contribution in [2.24, 2.45) is 5.41 Å². The van der Waals surface area contributed by atoms with Crippen LogP contribution >= 0.6 is 0 Å². The molecular weight excluding hydrogens is 206 g/mol. The summed E-state index contributed by atoms with van der Waals surface area (Å²) >= 11 is 0. The van der Waals surface area contributed by atoms with Gasteiger partial charge in [0.2, 0.25) is 0 Å². The highest BCUT2D eigenvalue weighted by atomic mass is 14.9. The van der Waals surface area contributed by atoms with Gasteiger partial charge in [0.25, 0.3) is 0 Å². The Morgan fingerprint density at radius 2 is 1.65 bits per heavy atom. The lowest BCUT2D eigenvalue weighted by Crippen LogP contribution is -2.36. The molecule has 0 spiro atoms. The van der Waals surface area contributed by atoms with Crippen molar-refractivity contribution in [3.63, 3.8) is 0 Å². The molecule has 0 saturated carbocycles. The van der Waals surface area contributed by atoms with Crippen LogP contribution in [0.3, 0.4) is 0 Å². The van der Waals surface area contributed by atoms with Crippen molar-refractivity contribution in [2.45, 2.75) is 54.0 Å². The van der Waals surface area contributed by atoms with Gasteiger partial charge >= 0.3 is 0 Å². The van der Waals surface area contributed by atoms with Gasteiger partial charge in [0.1, 0.15) is 0 Å². The molecule has 0 aromatic carbocycles. The van der Waals surface area contributed by atoms with Gasteiger partial charge in [0, 0.05) is 12.1 Å². The Labute approximate surface area is 108 Å². The van der Waals surface area contributed by atoms with Crippen molar-refractivity contribution in [3.8, 4) is 0 Å². The Morgan fingerprint density at radius 1 is 1.12 bits per heavy atom. The summed E-state index contributed by atoms with van der Waals surface area (Å²) in [6.07, 6.45) is 6.42. The van der Waals surface area contributed by atoms with Gasteiger partial charge in [-0.2, -0.15) is 0 Å². The predicted molar refractivity (Wildman–Crippen MR) is 79.2 cm³/mol. The highest BCUT2D eigenvalue weighted by Gasteiger charge is 2.14. The third-order valence-electron chi connectivity index (χ3n) is 2.53. The quantitative estimate of drug-likeness (QED) is 0.708. The van der Waals surface area contributed by atoms with Gasteiger partial charge in [-0.15, -0.1) is 0 Å². The highest BCUT2D eigenvalue weighted by Crippen LogP contribution is 2.25. The SMILES string of the molecule is C=C(/C=C(\C=C/C)CNC(C)(C)C)C(C)(C)C. The van der Waals surface area contributed by atoms with Crippen molar-refractivity contribution >= 4 is 0 Å². The first-order valence-electron chi connectivity index (χ1n) is 6.34. The van der Waals surface area contributed by atoms with Crippen LogP contribution < -0.4 is 5.32 Å². The molecule has 0 unspecified atom stereocenters. The summed E-state index contributed by atoms with van der Waals surface area (Å²) < 4.78 is 0. The van der Waals surface area contributed by atoms with Crippen LogP contribution in [0.15, 0.2) is 36.0 Å². The fourth-order valence-electron chi connectivity index (χ4n) is 1.18. The number of allylic oxidation sites excluding steroid dienone is 3. The molecule has 0 aliphatic heterocycles. The molecule has 0 rings (SSSR count). The minimum atomic E-state index is 0.133. The smallest absolute Gasteiger partial charge is 0.0210 e. The van der Waals surface area contributed by atoms with E-state index in [1.54, 1.807) is 0 Å². The molecule has 0 aliphatic rings. The summed E-state index contributed by atoms with van der Waals surface area (Å²) in [5.74, 6) is 0. The Kier molecular flexibility index (Phi) is 5.91. The summed E-state index contributed by atoms with van der Waals surface area (Å²) in [7, 11) is 0. The first kappa shape index (κ1) is 16.2. The van der Waals surface area contributed by atoms with E-state index in [1.165, 1.54) is 11.1 Å².